The number of hydrogen-bond acceptors (Lipinski definition) is 8. The highest BCUT2D eigenvalue weighted by Gasteiger charge is 2.55. The summed E-state index contributed by atoms with van der Waals surface area (Å²) in [6, 6.07) is 3.08. The van der Waals surface area contributed by atoms with E-state index in [1.807, 2.05) is 27.7 Å². The summed E-state index contributed by atoms with van der Waals surface area (Å²) in [5.74, 6) is 0.310. The first-order chi connectivity index (χ1) is 21.9. The van der Waals surface area contributed by atoms with Gasteiger partial charge >= 0.3 is 6.09 Å². The van der Waals surface area contributed by atoms with Crippen molar-refractivity contribution < 1.29 is 37.4 Å². The molecule has 1 saturated heterocycles. The minimum Gasteiger partial charge on any atom is -0.497 e. The van der Waals surface area contributed by atoms with Crippen LogP contribution in [0.5, 0.6) is 11.6 Å². The number of hydrogen-bond donors (Lipinski definition) is 1. The van der Waals surface area contributed by atoms with Crippen LogP contribution in [-0.2, 0) is 14.3 Å². The average Bonchev–Trinajstić information content (AvgIpc) is 3.57. The van der Waals surface area contributed by atoms with Gasteiger partial charge in [-0.05, 0) is 67.4 Å². The lowest BCUT2D eigenvalue weighted by molar-refractivity contribution is -0.139. The van der Waals surface area contributed by atoms with Gasteiger partial charge in [0.25, 0.3) is 0 Å². The number of ether oxygens (including phenoxy) is 3. The van der Waals surface area contributed by atoms with E-state index < -0.39 is 53.9 Å². The molecule has 2 saturated carbocycles. The molecule has 0 radical (unpaired) electrons. The number of fused-ring (bicyclic) bond motifs is 7. The zero-order valence-electron chi connectivity index (χ0n) is 27.1. The number of carbonyl (C=O) groups excluding carboxylic acids is 3. The molecule has 3 heterocycles. The van der Waals surface area contributed by atoms with Crippen molar-refractivity contribution in [3.8, 4) is 11.6 Å². The largest absolute Gasteiger partial charge is 0.497 e. The maximum atomic E-state index is 16.1. The monoisotopic (exact) mass is 642 g/mol. The van der Waals surface area contributed by atoms with Gasteiger partial charge in [-0.2, -0.15) is 0 Å². The Bertz CT molecular complexity index is 1490. The van der Waals surface area contributed by atoms with Crippen molar-refractivity contribution in [2.45, 2.75) is 103 Å². The highest BCUT2D eigenvalue weighted by atomic mass is 19.2. The molecule has 1 N–H and O–H groups in total. The summed E-state index contributed by atoms with van der Waals surface area (Å²) in [6.07, 6.45) is -1.93. The lowest BCUT2D eigenvalue weighted by Crippen LogP contribution is -2.56. The number of halogens is 2. The molecular formula is C34H44F2N4O6. The van der Waals surface area contributed by atoms with Crippen molar-refractivity contribution in [1.82, 2.24) is 20.2 Å². The SMILES string of the molecule is CC[C@@H]1[C@@H]2CN(C(=O)[C@H](C(C)(C)C)NC(=O)O[C@@H]3CC4CC4[C@H]3CCCC(F)C(F)c3nc4ccc(OC)cc4nc3O2)[C@@H]1C=O. The zero-order valence-corrected chi connectivity index (χ0v) is 27.1. The van der Waals surface area contributed by atoms with Crippen molar-refractivity contribution in [3.63, 3.8) is 0 Å². The van der Waals surface area contributed by atoms with Gasteiger partial charge in [0, 0.05) is 12.0 Å². The van der Waals surface area contributed by atoms with Gasteiger partial charge in [0.15, 0.2) is 6.17 Å². The molecule has 2 aliphatic heterocycles. The molecule has 12 heteroatoms. The Labute approximate surface area is 267 Å². The quantitative estimate of drug-likeness (QED) is 0.435. The van der Waals surface area contributed by atoms with E-state index in [2.05, 4.69) is 15.3 Å². The maximum Gasteiger partial charge on any atom is 0.408 e. The fourth-order valence-corrected chi connectivity index (χ4v) is 7.83. The van der Waals surface area contributed by atoms with Crippen molar-refractivity contribution in [2.75, 3.05) is 13.7 Å². The van der Waals surface area contributed by atoms with Crippen molar-refractivity contribution in [1.29, 1.82) is 0 Å². The molecule has 4 aliphatic rings. The lowest BCUT2D eigenvalue weighted by atomic mass is 9.85. The number of amides is 2. The molecule has 2 aliphatic carbocycles. The van der Waals surface area contributed by atoms with Gasteiger partial charge in [-0.1, -0.05) is 34.1 Å². The Hall–Kier alpha value is -3.57. The Kier molecular flexibility index (Phi) is 8.84. The van der Waals surface area contributed by atoms with Gasteiger partial charge in [-0.3, -0.25) is 4.79 Å². The van der Waals surface area contributed by atoms with Gasteiger partial charge in [0.2, 0.25) is 11.8 Å². The van der Waals surface area contributed by atoms with Gasteiger partial charge in [-0.15, -0.1) is 0 Å². The highest BCUT2D eigenvalue weighted by Crippen LogP contribution is 2.58. The van der Waals surface area contributed by atoms with Crippen LogP contribution in [0, 0.1) is 29.1 Å². The van der Waals surface area contributed by atoms with E-state index in [0.717, 1.165) is 12.8 Å². The third-order valence-electron chi connectivity index (χ3n) is 10.4. The number of alkyl carbamates (subject to hydrolysis) is 1. The van der Waals surface area contributed by atoms with E-state index in [1.165, 1.54) is 12.0 Å². The summed E-state index contributed by atoms with van der Waals surface area (Å²) in [4.78, 5) is 50.5. The summed E-state index contributed by atoms with van der Waals surface area (Å²) >= 11 is 0. The summed E-state index contributed by atoms with van der Waals surface area (Å²) in [6.45, 7) is 7.37. The fourth-order valence-electron chi connectivity index (χ4n) is 7.83. The minimum atomic E-state index is -2.12. The van der Waals surface area contributed by atoms with Gasteiger partial charge in [0.05, 0.1) is 30.7 Å². The molecule has 10 nitrogen and oxygen atoms in total. The number of aldehydes is 1. The van der Waals surface area contributed by atoms with Crippen LogP contribution in [0.3, 0.4) is 0 Å². The van der Waals surface area contributed by atoms with E-state index in [1.54, 1.807) is 18.2 Å². The Morgan fingerprint density at radius 3 is 2.54 bits per heavy atom. The molecule has 2 amide bonds. The lowest BCUT2D eigenvalue weighted by Gasteiger charge is -2.35. The Morgan fingerprint density at radius 2 is 1.85 bits per heavy atom. The Morgan fingerprint density at radius 1 is 1.07 bits per heavy atom. The van der Waals surface area contributed by atoms with Crippen LogP contribution in [0.2, 0.25) is 0 Å². The van der Waals surface area contributed by atoms with Crippen LogP contribution in [0.25, 0.3) is 11.0 Å². The molecule has 10 atom stereocenters. The van der Waals surface area contributed by atoms with Crippen LogP contribution in [0.15, 0.2) is 18.2 Å². The predicted octanol–water partition coefficient (Wildman–Crippen LogP) is 5.52. The smallest absolute Gasteiger partial charge is 0.408 e. The second kappa shape index (κ2) is 12.6. The Balaban J connectivity index is 1.40. The number of carbonyl (C=O) groups is 3. The second-order valence-electron chi connectivity index (χ2n) is 14.4. The fraction of sp³-hybridized carbons (Fsp3) is 0.676. The molecule has 3 fully saturated rings. The molecule has 6 rings (SSSR count). The van der Waals surface area contributed by atoms with Crippen molar-refractivity contribution >= 4 is 29.3 Å². The number of methoxy groups -OCH3 is 1. The first-order valence-corrected chi connectivity index (χ1v) is 16.5. The predicted molar refractivity (Wildman–Crippen MR) is 165 cm³/mol. The number of nitrogens with one attached hydrogen (secondary N) is 1. The summed E-state index contributed by atoms with van der Waals surface area (Å²) in [7, 11) is 1.51. The van der Waals surface area contributed by atoms with Crippen LogP contribution in [0.4, 0.5) is 13.6 Å². The van der Waals surface area contributed by atoms with Crippen LogP contribution >= 0.6 is 0 Å². The molecule has 1 aromatic heterocycles. The number of rotatable bonds is 3. The summed E-state index contributed by atoms with van der Waals surface area (Å²) in [5, 5.41) is 2.82. The molecule has 250 valence electrons. The highest BCUT2D eigenvalue weighted by molar-refractivity contribution is 5.89. The van der Waals surface area contributed by atoms with E-state index in [-0.39, 0.29) is 36.6 Å². The van der Waals surface area contributed by atoms with E-state index in [9.17, 15) is 14.4 Å². The van der Waals surface area contributed by atoms with Gasteiger partial charge in [-0.25, -0.2) is 23.5 Å². The third-order valence-corrected chi connectivity index (χ3v) is 10.4. The normalized spacial score (nSPS) is 35.1. The zero-order chi connectivity index (χ0) is 32.9. The molecule has 0 spiro atoms. The first kappa shape index (κ1) is 32.4. The van der Waals surface area contributed by atoms with E-state index >= 15 is 8.78 Å². The first-order valence-electron chi connectivity index (χ1n) is 16.5. The number of benzene rings is 1. The summed E-state index contributed by atoms with van der Waals surface area (Å²) < 4.78 is 49.4. The molecule has 2 bridgehead atoms. The molecule has 46 heavy (non-hydrogen) atoms. The van der Waals surface area contributed by atoms with Gasteiger partial charge in [0.1, 0.15) is 42.2 Å². The van der Waals surface area contributed by atoms with Crippen LogP contribution < -0.4 is 14.8 Å². The van der Waals surface area contributed by atoms with E-state index in [4.69, 9.17) is 14.2 Å². The second-order valence-corrected chi connectivity index (χ2v) is 14.4. The topological polar surface area (TPSA) is 120 Å². The van der Waals surface area contributed by atoms with Crippen molar-refractivity contribution in [2.24, 2.45) is 29.1 Å². The number of nitrogens with zero attached hydrogens (tertiary/aromatic N) is 3. The maximum absolute atomic E-state index is 16.1. The minimum absolute atomic E-state index is 0.0224. The number of aromatic nitrogens is 2. The molecule has 2 aromatic rings. The average molecular weight is 643 g/mol. The van der Waals surface area contributed by atoms with Crippen LogP contribution in [-0.4, -0.2) is 77.3 Å². The molecule has 1 aromatic carbocycles. The number of alkyl halides is 2. The standard InChI is InChI=1S/C34H44F2N4O6/c1-6-19-25(16-41)40-15-27(19)45-31-29(37-23-11-10-18(44-5)14-24(23)38-31)28(36)22(35)9-7-8-20-21-12-17(21)13-26(20)46-33(43)39-30(32(40)42)34(2,3)4/h10-11,14,16-17,19-22,25-28,30H,6-9,12-13,15H2,1-5H3,(H,39,43)/t17?,19-,20+,21?,22?,25+,26+,27-,28?,30+/m0/s1. The van der Waals surface area contributed by atoms with Gasteiger partial charge < -0.3 is 29.2 Å². The van der Waals surface area contributed by atoms with E-state index in [0.29, 0.717) is 54.2 Å². The molecule has 4 unspecified atom stereocenters. The summed E-state index contributed by atoms with van der Waals surface area (Å²) in [5.41, 5.74) is -0.237. The molecular weight excluding hydrogens is 598 g/mol. The third kappa shape index (κ3) is 6.11. The van der Waals surface area contributed by atoms with Crippen LogP contribution in [0.1, 0.15) is 78.1 Å². The van der Waals surface area contributed by atoms with Crippen molar-refractivity contribution in [3.05, 3.63) is 23.9 Å².